The number of carbonyl (C=O) groups is 3. The van der Waals surface area contributed by atoms with Crippen molar-refractivity contribution in [3.63, 3.8) is 0 Å². The highest BCUT2D eigenvalue weighted by atomic mass is 16.6. The molecule has 0 aliphatic carbocycles. The number of carbonyl (C=O) groups excluding carboxylic acids is 3. The molecule has 0 rings (SSSR count). The Morgan fingerprint density at radius 2 is 0.660 bits per heavy atom. The molecule has 0 aromatic heterocycles. The van der Waals surface area contributed by atoms with E-state index >= 15 is 0 Å². The van der Waals surface area contributed by atoms with Crippen LogP contribution in [-0.2, 0) is 28.6 Å². The molecule has 0 spiro atoms. The summed E-state index contributed by atoms with van der Waals surface area (Å²) in [5, 5.41) is 0. The third-order valence-electron chi connectivity index (χ3n) is 9.72. The van der Waals surface area contributed by atoms with Crippen LogP contribution in [0.4, 0.5) is 0 Å². The van der Waals surface area contributed by atoms with Crippen molar-refractivity contribution in [3.05, 3.63) is 0 Å². The summed E-state index contributed by atoms with van der Waals surface area (Å²) >= 11 is 0. The molecule has 6 heteroatoms. The predicted molar refractivity (Wildman–Crippen MR) is 210 cm³/mol. The van der Waals surface area contributed by atoms with Gasteiger partial charge in [0.25, 0.3) is 0 Å². The topological polar surface area (TPSA) is 78.9 Å². The smallest absolute Gasteiger partial charge is 0.306 e. The van der Waals surface area contributed by atoms with Gasteiger partial charge in [-0.05, 0) is 31.1 Å². The normalized spacial score (nSPS) is 12.1. The molecule has 0 unspecified atom stereocenters. The Balaban J connectivity index is 4.17. The standard InChI is InChI=1S/C44H84O6/c1-6-7-8-22-29-34-42(45)48-37-41(38-49-43(46)35-30-25-21-17-19-24-28-33-40(4)5)50-44(47)36-31-26-20-16-14-12-10-9-11-13-15-18-23-27-32-39(2)3/h39-41H,6-38H2,1-5H3/t41-/m1/s1. The average Bonchev–Trinajstić information content (AvgIpc) is 3.08. The lowest BCUT2D eigenvalue weighted by molar-refractivity contribution is -0.167. The maximum absolute atomic E-state index is 12.6. The molecule has 0 fully saturated rings. The van der Waals surface area contributed by atoms with Crippen molar-refractivity contribution in [3.8, 4) is 0 Å². The third-order valence-corrected chi connectivity index (χ3v) is 9.72. The Labute approximate surface area is 310 Å². The zero-order valence-corrected chi connectivity index (χ0v) is 34.0. The highest BCUT2D eigenvalue weighted by molar-refractivity contribution is 5.71. The minimum Gasteiger partial charge on any atom is -0.462 e. The fourth-order valence-corrected chi connectivity index (χ4v) is 6.40. The van der Waals surface area contributed by atoms with Gasteiger partial charge in [-0.3, -0.25) is 14.4 Å². The Kier molecular flexibility index (Phi) is 36.0. The van der Waals surface area contributed by atoms with Crippen LogP contribution >= 0.6 is 0 Å². The first-order valence-electron chi connectivity index (χ1n) is 21.7. The second-order valence-corrected chi connectivity index (χ2v) is 15.9. The van der Waals surface area contributed by atoms with Gasteiger partial charge in [0.2, 0.25) is 0 Å². The summed E-state index contributed by atoms with van der Waals surface area (Å²) in [6.07, 6.45) is 34.1. The Morgan fingerprint density at radius 3 is 0.980 bits per heavy atom. The largest absolute Gasteiger partial charge is 0.462 e. The van der Waals surface area contributed by atoms with Crippen LogP contribution in [0.5, 0.6) is 0 Å². The summed E-state index contributed by atoms with van der Waals surface area (Å²) in [4.78, 5) is 37.4. The van der Waals surface area contributed by atoms with Gasteiger partial charge in [0.15, 0.2) is 6.10 Å². The summed E-state index contributed by atoms with van der Waals surface area (Å²) in [6, 6.07) is 0. The minimum atomic E-state index is -0.758. The van der Waals surface area contributed by atoms with Crippen LogP contribution in [0.15, 0.2) is 0 Å². The molecule has 0 aromatic carbocycles. The molecular formula is C44H84O6. The molecule has 296 valence electrons. The second kappa shape index (κ2) is 37.2. The molecule has 0 saturated carbocycles. The lowest BCUT2D eigenvalue weighted by atomic mass is 10.0. The van der Waals surface area contributed by atoms with Crippen LogP contribution in [0.2, 0.25) is 0 Å². The van der Waals surface area contributed by atoms with Gasteiger partial charge in [0.1, 0.15) is 13.2 Å². The Morgan fingerprint density at radius 1 is 0.380 bits per heavy atom. The van der Waals surface area contributed by atoms with E-state index in [2.05, 4.69) is 34.6 Å². The van der Waals surface area contributed by atoms with Crippen LogP contribution in [0, 0.1) is 11.8 Å². The average molecular weight is 709 g/mol. The number of hydrogen-bond acceptors (Lipinski definition) is 6. The SMILES string of the molecule is CCCCCCCC(=O)OC[C@H](COC(=O)CCCCCCCCCC(C)C)OC(=O)CCCCCCCCCCCCCCCCC(C)C. The van der Waals surface area contributed by atoms with E-state index in [4.69, 9.17) is 14.2 Å². The first-order chi connectivity index (χ1) is 24.2. The first-order valence-corrected chi connectivity index (χ1v) is 21.7. The molecule has 0 aliphatic heterocycles. The summed E-state index contributed by atoms with van der Waals surface area (Å²) in [6.45, 7) is 11.2. The van der Waals surface area contributed by atoms with E-state index < -0.39 is 6.10 Å². The molecule has 50 heavy (non-hydrogen) atoms. The molecule has 0 heterocycles. The van der Waals surface area contributed by atoms with Crippen molar-refractivity contribution >= 4 is 17.9 Å². The minimum absolute atomic E-state index is 0.0670. The zero-order chi connectivity index (χ0) is 36.9. The number of esters is 3. The van der Waals surface area contributed by atoms with E-state index in [-0.39, 0.29) is 31.1 Å². The Bertz CT molecular complexity index is 764. The maximum atomic E-state index is 12.6. The lowest BCUT2D eigenvalue weighted by Crippen LogP contribution is -2.30. The van der Waals surface area contributed by atoms with Crippen molar-refractivity contribution in [2.75, 3.05) is 13.2 Å². The molecular weight excluding hydrogens is 624 g/mol. The number of unbranched alkanes of at least 4 members (excludes halogenated alkanes) is 23. The van der Waals surface area contributed by atoms with E-state index in [0.29, 0.717) is 19.3 Å². The predicted octanol–water partition coefficient (Wildman–Crippen LogP) is 13.4. The fourth-order valence-electron chi connectivity index (χ4n) is 6.40. The highest BCUT2D eigenvalue weighted by Crippen LogP contribution is 2.16. The molecule has 1 atom stereocenters. The van der Waals surface area contributed by atoms with Crippen LogP contribution in [0.1, 0.15) is 234 Å². The van der Waals surface area contributed by atoms with Gasteiger partial charge in [-0.15, -0.1) is 0 Å². The summed E-state index contributed by atoms with van der Waals surface area (Å²) < 4.78 is 16.6. The van der Waals surface area contributed by atoms with Gasteiger partial charge in [-0.1, -0.05) is 195 Å². The van der Waals surface area contributed by atoms with Crippen LogP contribution in [0.25, 0.3) is 0 Å². The molecule has 0 aromatic rings. The van der Waals surface area contributed by atoms with Gasteiger partial charge in [0.05, 0.1) is 0 Å². The maximum Gasteiger partial charge on any atom is 0.306 e. The van der Waals surface area contributed by atoms with Crippen molar-refractivity contribution in [1.82, 2.24) is 0 Å². The van der Waals surface area contributed by atoms with E-state index in [1.807, 2.05) is 0 Å². The van der Waals surface area contributed by atoms with E-state index in [1.54, 1.807) is 0 Å². The van der Waals surface area contributed by atoms with Crippen molar-refractivity contribution in [1.29, 1.82) is 0 Å². The van der Waals surface area contributed by atoms with Gasteiger partial charge in [-0.2, -0.15) is 0 Å². The van der Waals surface area contributed by atoms with E-state index in [1.165, 1.54) is 116 Å². The molecule has 0 saturated heterocycles. The summed E-state index contributed by atoms with van der Waals surface area (Å²) in [5.74, 6) is 0.749. The summed E-state index contributed by atoms with van der Waals surface area (Å²) in [5.41, 5.74) is 0. The van der Waals surface area contributed by atoms with Crippen LogP contribution in [0.3, 0.4) is 0 Å². The van der Waals surface area contributed by atoms with Crippen molar-refractivity contribution < 1.29 is 28.6 Å². The number of hydrogen-bond donors (Lipinski definition) is 0. The van der Waals surface area contributed by atoms with Gasteiger partial charge >= 0.3 is 17.9 Å². The molecule has 0 aliphatic rings. The summed E-state index contributed by atoms with van der Waals surface area (Å²) in [7, 11) is 0. The van der Waals surface area contributed by atoms with E-state index in [0.717, 1.165) is 76.0 Å². The number of rotatable bonds is 38. The van der Waals surface area contributed by atoms with Crippen molar-refractivity contribution in [2.45, 2.75) is 240 Å². The highest BCUT2D eigenvalue weighted by Gasteiger charge is 2.19. The van der Waals surface area contributed by atoms with Gasteiger partial charge < -0.3 is 14.2 Å². The zero-order valence-electron chi connectivity index (χ0n) is 34.0. The van der Waals surface area contributed by atoms with Crippen molar-refractivity contribution in [2.24, 2.45) is 11.8 Å². The molecule has 0 radical (unpaired) electrons. The molecule has 6 nitrogen and oxygen atoms in total. The molecule has 0 N–H and O–H groups in total. The van der Waals surface area contributed by atoms with E-state index in [9.17, 15) is 14.4 Å². The first kappa shape index (κ1) is 48.4. The van der Waals surface area contributed by atoms with Gasteiger partial charge in [0, 0.05) is 19.3 Å². The Hall–Kier alpha value is -1.59. The molecule has 0 bridgehead atoms. The quantitative estimate of drug-likeness (QED) is 0.0361. The fraction of sp³-hybridized carbons (Fsp3) is 0.932. The molecule has 0 amide bonds. The monoisotopic (exact) mass is 709 g/mol. The third kappa shape index (κ3) is 37.7. The second-order valence-electron chi connectivity index (χ2n) is 15.9. The lowest BCUT2D eigenvalue weighted by Gasteiger charge is -2.18. The number of ether oxygens (including phenoxy) is 3. The van der Waals surface area contributed by atoms with Crippen LogP contribution < -0.4 is 0 Å². The van der Waals surface area contributed by atoms with Gasteiger partial charge in [-0.25, -0.2) is 0 Å². The van der Waals surface area contributed by atoms with Crippen LogP contribution in [-0.4, -0.2) is 37.2 Å².